The van der Waals surface area contributed by atoms with Crippen LogP contribution in [0.4, 0.5) is 0 Å². The highest BCUT2D eigenvalue weighted by Gasteiger charge is 2.50. The summed E-state index contributed by atoms with van der Waals surface area (Å²) in [5.41, 5.74) is -0.369. The molecule has 0 aromatic carbocycles. The van der Waals surface area contributed by atoms with E-state index in [1.807, 2.05) is 6.92 Å². The van der Waals surface area contributed by atoms with E-state index in [4.69, 9.17) is 4.74 Å². The van der Waals surface area contributed by atoms with Crippen molar-refractivity contribution in [3.63, 3.8) is 0 Å². The smallest absolute Gasteiger partial charge is 0.161 e. The van der Waals surface area contributed by atoms with Crippen LogP contribution in [-0.2, 0) is 9.53 Å². The molecule has 0 heterocycles. The van der Waals surface area contributed by atoms with Crippen molar-refractivity contribution in [2.75, 3.05) is 6.61 Å². The van der Waals surface area contributed by atoms with Gasteiger partial charge in [0.1, 0.15) is 5.60 Å². The molecule has 1 aliphatic rings. The molecule has 0 amide bonds. The molecule has 94 valence electrons. The predicted octanol–water partition coefficient (Wildman–Crippen LogP) is 3.59. The average Bonchev–Trinajstić information content (AvgIpc) is 2.17. The lowest BCUT2D eigenvalue weighted by Gasteiger charge is -2.48. The van der Waals surface area contributed by atoms with Gasteiger partial charge in [-0.25, -0.2) is 0 Å². The van der Waals surface area contributed by atoms with Crippen molar-refractivity contribution < 1.29 is 9.53 Å². The maximum absolute atomic E-state index is 12.0. The second-order valence-corrected chi connectivity index (χ2v) is 6.04. The van der Waals surface area contributed by atoms with Gasteiger partial charge in [-0.1, -0.05) is 33.6 Å². The first-order chi connectivity index (χ1) is 7.34. The molecule has 0 aromatic rings. The number of rotatable bonds is 3. The van der Waals surface area contributed by atoms with E-state index in [0.717, 1.165) is 19.3 Å². The molecule has 1 rings (SSSR count). The minimum Gasteiger partial charge on any atom is -0.367 e. The van der Waals surface area contributed by atoms with Crippen molar-refractivity contribution in [3.05, 3.63) is 0 Å². The molecule has 1 saturated carbocycles. The van der Waals surface area contributed by atoms with Gasteiger partial charge in [-0.15, -0.1) is 0 Å². The van der Waals surface area contributed by atoms with E-state index >= 15 is 0 Å². The second-order valence-electron chi connectivity index (χ2n) is 6.04. The van der Waals surface area contributed by atoms with E-state index in [0.29, 0.717) is 12.5 Å². The molecule has 2 heteroatoms. The Labute approximate surface area is 99.8 Å². The largest absolute Gasteiger partial charge is 0.367 e. The normalized spacial score (nSPS) is 31.4. The van der Waals surface area contributed by atoms with Crippen LogP contribution in [0.5, 0.6) is 0 Å². The Balaban J connectivity index is 3.05. The van der Waals surface area contributed by atoms with Crippen LogP contribution in [0.2, 0.25) is 0 Å². The molecule has 0 saturated heterocycles. The van der Waals surface area contributed by atoms with E-state index in [9.17, 15) is 4.79 Å². The molecule has 0 spiro atoms. The van der Waals surface area contributed by atoms with Crippen LogP contribution in [0.15, 0.2) is 0 Å². The molecule has 0 aromatic heterocycles. The van der Waals surface area contributed by atoms with Gasteiger partial charge in [0.25, 0.3) is 0 Å². The number of ketones is 1. The van der Waals surface area contributed by atoms with Gasteiger partial charge in [0.2, 0.25) is 0 Å². The summed E-state index contributed by atoms with van der Waals surface area (Å²) >= 11 is 0. The Morgan fingerprint density at radius 2 is 2.00 bits per heavy atom. The summed E-state index contributed by atoms with van der Waals surface area (Å²) in [6.45, 7) is 11.0. The summed E-state index contributed by atoms with van der Waals surface area (Å²) in [5.74, 6) is 0.570. The molecule has 2 atom stereocenters. The van der Waals surface area contributed by atoms with Crippen LogP contribution >= 0.6 is 0 Å². The predicted molar refractivity (Wildman–Crippen MR) is 66.5 cm³/mol. The Morgan fingerprint density at radius 1 is 1.38 bits per heavy atom. The SMILES string of the molecule is CCOC1(C(C)=O)CCCCC1C(C)(C)C. The molecule has 0 bridgehead atoms. The van der Waals surface area contributed by atoms with Gasteiger partial charge in [0, 0.05) is 6.61 Å². The summed E-state index contributed by atoms with van der Waals surface area (Å²) in [6, 6.07) is 0. The first-order valence-electron chi connectivity index (χ1n) is 6.49. The van der Waals surface area contributed by atoms with Crippen molar-refractivity contribution in [1.29, 1.82) is 0 Å². The van der Waals surface area contributed by atoms with E-state index in [1.165, 1.54) is 6.42 Å². The molecular formula is C14H26O2. The van der Waals surface area contributed by atoms with Crippen molar-refractivity contribution in [1.82, 2.24) is 0 Å². The van der Waals surface area contributed by atoms with Crippen molar-refractivity contribution >= 4 is 5.78 Å². The Morgan fingerprint density at radius 3 is 2.44 bits per heavy atom. The van der Waals surface area contributed by atoms with Gasteiger partial charge in [-0.3, -0.25) is 4.79 Å². The standard InChI is InChI=1S/C14H26O2/c1-6-16-14(11(2)15)10-8-7-9-12(14)13(3,4)5/h12H,6-10H2,1-5H3. The molecule has 1 aliphatic carbocycles. The summed E-state index contributed by atoms with van der Waals surface area (Å²) in [6.07, 6.45) is 4.36. The number of carbonyl (C=O) groups is 1. The Bertz CT molecular complexity index is 248. The number of hydrogen-bond donors (Lipinski definition) is 0. The average molecular weight is 226 g/mol. The van der Waals surface area contributed by atoms with E-state index in [-0.39, 0.29) is 11.2 Å². The van der Waals surface area contributed by atoms with Crippen molar-refractivity contribution in [2.24, 2.45) is 11.3 Å². The second kappa shape index (κ2) is 4.87. The first kappa shape index (κ1) is 13.7. The lowest BCUT2D eigenvalue weighted by atomic mass is 9.62. The van der Waals surface area contributed by atoms with Gasteiger partial charge in [0.15, 0.2) is 5.78 Å². The van der Waals surface area contributed by atoms with Crippen LogP contribution in [0.25, 0.3) is 0 Å². The Kier molecular flexibility index (Phi) is 4.17. The quantitative estimate of drug-likeness (QED) is 0.735. The van der Waals surface area contributed by atoms with Gasteiger partial charge in [0.05, 0.1) is 0 Å². The van der Waals surface area contributed by atoms with Crippen LogP contribution < -0.4 is 0 Å². The minimum absolute atomic E-state index is 0.140. The Hall–Kier alpha value is -0.370. The van der Waals surface area contributed by atoms with Crippen LogP contribution in [0.1, 0.15) is 60.3 Å². The molecule has 0 N–H and O–H groups in total. The van der Waals surface area contributed by atoms with Gasteiger partial charge in [-0.2, -0.15) is 0 Å². The van der Waals surface area contributed by atoms with Crippen molar-refractivity contribution in [3.8, 4) is 0 Å². The highest BCUT2D eigenvalue weighted by molar-refractivity contribution is 5.85. The molecule has 2 unspecified atom stereocenters. The first-order valence-corrected chi connectivity index (χ1v) is 6.49. The molecule has 16 heavy (non-hydrogen) atoms. The molecule has 1 fully saturated rings. The molecule has 2 nitrogen and oxygen atoms in total. The van der Waals surface area contributed by atoms with Gasteiger partial charge in [-0.05, 0) is 38.0 Å². The fourth-order valence-corrected chi connectivity index (χ4v) is 3.23. The zero-order valence-electron chi connectivity index (χ0n) is 11.4. The highest BCUT2D eigenvalue weighted by Crippen LogP contribution is 2.46. The molecular weight excluding hydrogens is 200 g/mol. The van der Waals surface area contributed by atoms with E-state index in [1.54, 1.807) is 6.92 Å². The lowest BCUT2D eigenvalue weighted by molar-refractivity contribution is -0.166. The number of carbonyl (C=O) groups excluding carboxylic acids is 1. The maximum atomic E-state index is 12.0. The van der Waals surface area contributed by atoms with Crippen LogP contribution in [0.3, 0.4) is 0 Å². The summed E-state index contributed by atoms with van der Waals surface area (Å²) in [4.78, 5) is 12.0. The van der Waals surface area contributed by atoms with Crippen LogP contribution in [0, 0.1) is 11.3 Å². The molecule has 0 aliphatic heterocycles. The monoisotopic (exact) mass is 226 g/mol. The molecule has 0 radical (unpaired) electrons. The third kappa shape index (κ3) is 2.48. The summed E-state index contributed by atoms with van der Waals surface area (Å²) in [5, 5.41) is 0. The fraction of sp³-hybridized carbons (Fsp3) is 0.929. The zero-order valence-corrected chi connectivity index (χ0v) is 11.4. The maximum Gasteiger partial charge on any atom is 0.161 e. The fourth-order valence-electron chi connectivity index (χ4n) is 3.23. The van der Waals surface area contributed by atoms with Crippen LogP contribution in [-0.4, -0.2) is 18.0 Å². The van der Waals surface area contributed by atoms with E-state index in [2.05, 4.69) is 20.8 Å². The van der Waals surface area contributed by atoms with E-state index < -0.39 is 5.60 Å². The topological polar surface area (TPSA) is 26.3 Å². The summed E-state index contributed by atoms with van der Waals surface area (Å²) < 4.78 is 5.92. The number of ether oxygens (including phenoxy) is 1. The lowest BCUT2D eigenvalue weighted by Crippen LogP contribution is -2.53. The van der Waals surface area contributed by atoms with Gasteiger partial charge < -0.3 is 4.74 Å². The summed E-state index contributed by atoms with van der Waals surface area (Å²) in [7, 11) is 0. The zero-order chi connectivity index (χ0) is 12.4. The number of Topliss-reactive ketones (excluding diaryl/α,β-unsaturated/α-hetero) is 1. The highest BCUT2D eigenvalue weighted by atomic mass is 16.5. The third-order valence-corrected chi connectivity index (χ3v) is 3.90. The minimum atomic E-state index is -0.509. The van der Waals surface area contributed by atoms with Gasteiger partial charge >= 0.3 is 0 Å². The number of hydrogen-bond acceptors (Lipinski definition) is 2. The van der Waals surface area contributed by atoms with Crippen molar-refractivity contribution in [2.45, 2.75) is 65.9 Å². The third-order valence-electron chi connectivity index (χ3n) is 3.90.